The van der Waals surface area contributed by atoms with E-state index in [2.05, 4.69) is 15.0 Å². The van der Waals surface area contributed by atoms with Crippen LogP contribution in [0.4, 0.5) is 10.6 Å². The average molecular weight is 508 g/mol. The van der Waals surface area contributed by atoms with Gasteiger partial charge in [0.15, 0.2) is 17.2 Å². The monoisotopic (exact) mass is 507 g/mol. The summed E-state index contributed by atoms with van der Waals surface area (Å²) in [5, 5.41) is 4.50. The fourth-order valence-electron chi connectivity index (χ4n) is 4.70. The van der Waals surface area contributed by atoms with Crippen molar-refractivity contribution in [1.29, 1.82) is 0 Å². The molecule has 2 aliphatic heterocycles. The SMILES string of the molecule is COc1cn2ncc(-c3cccnc3OC3CC3)c2nc1N1CCN(C(=O)O[C@H]2CC(=O)N(C)C2)CC1. The van der Waals surface area contributed by atoms with Gasteiger partial charge in [0.25, 0.3) is 0 Å². The zero-order valence-electron chi connectivity index (χ0n) is 20.9. The van der Waals surface area contributed by atoms with E-state index >= 15 is 0 Å². The van der Waals surface area contributed by atoms with Gasteiger partial charge >= 0.3 is 6.09 Å². The van der Waals surface area contributed by atoms with E-state index in [1.165, 1.54) is 0 Å². The van der Waals surface area contributed by atoms with Crippen LogP contribution >= 0.6 is 0 Å². The highest BCUT2D eigenvalue weighted by Crippen LogP contribution is 2.36. The van der Waals surface area contributed by atoms with Crippen LogP contribution in [0.5, 0.6) is 11.6 Å². The van der Waals surface area contributed by atoms with Gasteiger partial charge in [0.1, 0.15) is 12.2 Å². The second kappa shape index (κ2) is 9.41. The molecule has 5 heterocycles. The number of ether oxygens (including phenoxy) is 3. The molecule has 37 heavy (non-hydrogen) atoms. The van der Waals surface area contributed by atoms with E-state index in [9.17, 15) is 9.59 Å². The summed E-state index contributed by atoms with van der Waals surface area (Å²) in [6.45, 7) is 2.50. The molecule has 0 bridgehead atoms. The Bertz CT molecular complexity index is 1330. The van der Waals surface area contributed by atoms with E-state index < -0.39 is 6.10 Å². The third-order valence-electron chi connectivity index (χ3n) is 6.94. The smallest absolute Gasteiger partial charge is 0.410 e. The Hall–Kier alpha value is -4.09. The number of rotatable bonds is 6. The Morgan fingerprint density at radius 2 is 1.92 bits per heavy atom. The van der Waals surface area contributed by atoms with Crippen molar-refractivity contribution in [2.45, 2.75) is 31.5 Å². The van der Waals surface area contributed by atoms with Crippen molar-refractivity contribution < 1.29 is 23.8 Å². The molecule has 6 rings (SSSR count). The van der Waals surface area contributed by atoms with E-state index in [4.69, 9.17) is 19.2 Å². The lowest BCUT2D eigenvalue weighted by Gasteiger charge is -2.35. The van der Waals surface area contributed by atoms with Crippen molar-refractivity contribution in [2.24, 2.45) is 0 Å². The Balaban J connectivity index is 1.21. The number of methoxy groups -OCH3 is 1. The van der Waals surface area contributed by atoms with E-state index in [0.717, 1.165) is 24.0 Å². The molecule has 0 aromatic carbocycles. The van der Waals surface area contributed by atoms with Crippen molar-refractivity contribution in [3.05, 3.63) is 30.7 Å². The Kier molecular flexibility index (Phi) is 5.93. The van der Waals surface area contributed by atoms with Crippen molar-refractivity contribution in [3.63, 3.8) is 0 Å². The molecular formula is C25H29N7O5. The highest BCUT2D eigenvalue weighted by Gasteiger charge is 2.33. The molecule has 2 saturated heterocycles. The van der Waals surface area contributed by atoms with Gasteiger partial charge in [0.2, 0.25) is 11.8 Å². The number of likely N-dealkylation sites (tertiary alicyclic amines) is 1. The molecule has 3 aliphatic rings. The molecule has 3 aromatic rings. The molecule has 0 spiro atoms. The maximum Gasteiger partial charge on any atom is 0.410 e. The molecule has 194 valence electrons. The largest absolute Gasteiger partial charge is 0.491 e. The minimum absolute atomic E-state index is 0.00655. The second-order valence-electron chi connectivity index (χ2n) is 9.59. The number of anilines is 1. The zero-order chi connectivity index (χ0) is 25.5. The molecule has 3 fully saturated rings. The molecular weight excluding hydrogens is 478 g/mol. The van der Waals surface area contributed by atoms with Crippen LogP contribution in [-0.4, -0.2) is 100 Å². The predicted molar refractivity (Wildman–Crippen MR) is 133 cm³/mol. The number of carbonyl (C=O) groups excluding carboxylic acids is 2. The number of pyridine rings is 1. The fraction of sp³-hybridized carbons (Fsp3) is 0.480. The third kappa shape index (κ3) is 4.58. The van der Waals surface area contributed by atoms with Crippen LogP contribution in [0.15, 0.2) is 30.7 Å². The summed E-state index contributed by atoms with van der Waals surface area (Å²) in [5.41, 5.74) is 2.34. The van der Waals surface area contributed by atoms with Gasteiger partial charge in [-0.2, -0.15) is 5.10 Å². The van der Waals surface area contributed by atoms with Crippen LogP contribution < -0.4 is 14.4 Å². The maximum absolute atomic E-state index is 12.7. The van der Waals surface area contributed by atoms with Gasteiger partial charge in [-0.25, -0.2) is 19.3 Å². The zero-order valence-corrected chi connectivity index (χ0v) is 20.9. The number of nitrogens with zero attached hydrogens (tertiary/aromatic N) is 7. The number of amides is 2. The van der Waals surface area contributed by atoms with Crippen molar-refractivity contribution >= 4 is 23.5 Å². The molecule has 12 nitrogen and oxygen atoms in total. The van der Waals surface area contributed by atoms with Gasteiger partial charge in [0.05, 0.1) is 38.0 Å². The number of hydrogen-bond acceptors (Lipinski definition) is 9. The van der Waals surface area contributed by atoms with Crippen LogP contribution in [0.25, 0.3) is 16.8 Å². The molecule has 3 aromatic heterocycles. The quantitative estimate of drug-likeness (QED) is 0.493. The van der Waals surface area contributed by atoms with Crippen LogP contribution in [0.1, 0.15) is 19.3 Å². The van der Waals surface area contributed by atoms with Gasteiger partial charge in [-0.1, -0.05) is 0 Å². The summed E-state index contributed by atoms with van der Waals surface area (Å²) in [7, 11) is 3.32. The molecule has 1 aliphatic carbocycles. The van der Waals surface area contributed by atoms with Crippen molar-refractivity contribution in [1.82, 2.24) is 29.4 Å². The lowest BCUT2D eigenvalue weighted by molar-refractivity contribution is -0.126. The minimum atomic E-state index is -0.395. The molecule has 1 atom stereocenters. The van der Waals surface area contributed by atoms with Crippen molar-refractivity contribution in [3.8, 4) is 22.8 Å². The maximum atomic E-state index is 12.7. The van der Waals surface area contributed by atoms with E-state index in [0.29, 0.717) is 55.8 Å². The minimum Gasteiger partial charge on any atom is -0.491 e. The number of aromatic nitrogens is 4. The predicted octanol–water partition coefficient (Wildman–Crippen LogP) is 1.83. The molecule has 1 saturated carbocycles. The Morgan fingerprint density at radius 3 is 2.62 bits per heavy atom. The average Bonchev–Trinajstić information content (AvgIpc) is 3.55. The lowest BCUT2D eigenvalue weighted by atomic mass is 10.1. The van der Waals surface area contributed by atoms with Gasteiger partial charge < -0.3 is 28.9 Å². The Labute approximate surface area is 213 Å². The van der Waals surface area contributed by atoms with Gasteiger partial charge in [0, 0.05) is 45.0 Å². The third-order valence-corrected chi connectivity index (χ3v) is 6.94. The van der Waals surface area contributed by atoms with Gasteiger partial charge in [-0.15, -0.1) is 0 Å². The molecule has 0 N–H and O–H groups in total. The van der Waals surface area contributed by atoms with Gasteiger partial charge in [-0.05, 0) is 25.0 Å². The first-order chi connectivity index (χ1) is 18.0. The van der Waals surface area contributed by atoms with Crippen LogP contribution in [0.3, 0.4) is 0 Å². The number of piperazine rings is 1. The lowest BCUT2D eigenvalue weighted by Crippen LogP contribution is -2.50. The normalized spacial score (nSPS) is 20.0. The van der Waals surface area contributed by atoms with Crippen molar-refractivity contribution in [2.75, 3.05) is 51.8 Å². The van der Waals surface area contributed by atoms with Gasteiger partial charge in [-0.3, -0.25) is 4.79 Å². The molecule has 0 radical (unpaired) electrons. The fourth-order valence-corrected chi connectivity index (χ4v) is 4.70. The second-order valence-corrected chi connectivity index (χ2v) is 9.59. The topological polar surface area (TPSA) is 115 Å². The first-order valence-electron chi connectivity index (χ1n) is 12.5. The Morgan fingerprint density at radius 1 is 1.11 bits per heavy atom. The van der Waals surface area contributed by atoms with Crippen LogP contribution in [-0.2, 0) is 9.53 Å². The summed E-state index contributed by atoms with van der Waals surface area (Å²) in [6, 6.07) is 3.84. The molecule has 2 amide bonds. The number of carbonyl (C=O) groups is 2. The first kappa shape index (κ1) is 23.3. The summed E-state index contributed by atoms with van der Waals surface area (Å²) in [6.07, 6.45) is 7.06. The van der Waals surface area contributed by atoms with E-state index in [-0.39, 0.29) is 24.5 Å². The van der Waals surface area contributed by atoms with E-state index in [1.54, 1.807) is 40.9 Å². The van der Waals surface area contributed by atoms with Crippen LogP contribution in [0, 0.1) is 0 Å². The number of fused-ring (bicyclic) bond motifs is 1. The first-order valence-corrected chi connectivity index (χ1v) is 12.5. The number of hydrogen-bond donors (Lipinski definition) is 0. The highest BCUT2D eigenvalue weighted by atomic mass is 16.6. The van der Waals surface area contributed by atoms with Crippen LogP contribution in [0.2, 0.25) is 0 Å². The summed E-state index contributed by atoms with van der Waals surface area (Å²) >= 11 is 0. The number of likely N-dealkylation sites (N-methyl/N-ethyl adjacent to an activating group) is 1. The standard InChI is InChI=1S/C25H29N7O5/c1-29-14-17(12-21(29)33)37-25(34)31-10-8-30(9-11-31)23-20(35-2)15-32-22(28-23)19(13-27-32)18-4-3-7-26-24(18)36-16-5-6-16/h3-4,7,13,15-17H,5-6,8-12,14H2,1-2H3/t17-/m0/s1. The van der Waals surface area contributed by atoms with E-state index in [1.807, 2.05) is 18.3 Å². The summed E-state index contributed by atoms with van der Waals surface area (Å²) < 4.78 is 18.9. The summed E-state index contributed by atoms with van der Waals surface area (Å²) in [4.78, 5) is 39.2. The summed E-state index contributed by atoms with van der Waals surface area (Å²) in [5.74, 6) is 1.85. The highest BCUT2D eigenvalue weighted by molar-refractivity contribution is 5.81. The molecule has 12 heteroatoms. The molecule has 0 unspecified atom stereocenters.